The van der Waals surface area contributed by atoms with E-state index in [1.165, 1.54) is 5.57 Å². The molecule has 3 N–H and O–H groups in total. The predicted molar refractivity (Wildman–Crippen MR) is 52.1 cm³/mol. The number of nitrogens with two attached hydrogens (primary N) is 1. The smallest absolute Gasteiger partial charge is 0.100 e. The van der Waals surface area contributed by atoms with Crippen molar-refractivity contribution in [1.29, 1.82) is 0 Å². The lowest BCUT2D eigenvalue weighted by atomic mass is 9.83. The van der Waals surface area contributed by atoms with E-state index in [0.29, 0.717) is 5.82 Å². The highest BCUT2D eigenvalue weighted by Crippen LogP contribution is 2.30. The van der Waals surface area contributed by atoms with Crippen LogP contribution in [-0.2, 0) is 0 Å². The minimum Gasteiger partial charge on any atom is -0.385 e. The Balaban J connectivity index is 2.99. The predicted octanol–water partition coefficient (Wildman–Crippen LogP) is 1.88. The van der Waals surface area contributed by atoms with Gasteiger partial charge in [0.25, 0.3) is 0 Å². The number of dihydropyridines is 1. The van der Waals surface area contributed by atoms with Crippen LogP contribution < -0.4 is 11.1 Å². The molecule has 0 aromatic heterocycles. The molecule has 0 fully saturated rings. The van der Waals surface area contributed by atoms with Crippen LogP contribution in [0.1, 0.15) is 20.8 Å². The summed E-state index contributed by atoms with van der Waals surface area (Å²) < 4.78 is 0. The average Bonchev–Trinajstić information content (AvgIpc) is 1.83. The largest absolute Gasteiger partial charge is 0.385 e. The molecule has 0 spiro atoms. The number of hydrogen-bond donors (Lipinski definition) is 2. The second kappa shape index (κ2) is 2.70. The summed E-state index contributed by atoms with van der Waals surface area (Å²) in [5, 5.41) is 3.01. The molecule has 0 bridgehead atoms. The van der Waals surface area contributed by atoms with Crippen molar-refractivity contribution in [2.24, 2.45) is 11.1 Å². The van der Waals surface area contributed by atoms with E-state index in [1.807, 2.05) is 12.2 Å². The van der Waals surface area contributed by atoms with Crippen molar-refractivity contribution in [1.82, 2.24) is 5.32 Å². The summed E-state index contributed by atoms with van der Waals surface area (Å²) in [6, 6.07) is 0. The summed E-state index contributed by atoms with van der Waals surface area (Å²) in [7, 11) is 0. The van der Waals surface area contributed by atoms with Gasteiger partial charge >= 0.3 is 0 Å². The maximum atomic E-state index is 5.58. The van der Waals surface area contributed by atoms with E-state index in [4.69, 9.17) is 5.73 Å². The maximum absolute atomic E-state index is 5.58. The highest BCUT2D eigenvalue weighted by Gasteiger charge is 2.20. The highest BCUT2D eigenvalue weighted by molar-refractivity contribution is 5.40. The van der Waals surface area contributed by atoms with Crippen LogP contribution in [0.25, 0.3) is 0 Å². The van der Waals surface area contributed by atoms with Gasteiger partial charge in [0.15, 0.2) is 0 Å². The number of rotatable bonds is 0. The molecule has 0 aromatic rings. The zero-order chi connectivity index (χ0) is 9.35. The van der Waals surface area contributed by atoms with Crippen LogP contribution in [0.3, 0.4) is 0 Å². The van der Waals surface area contributed by atoms with Gasteiger partial charge in [-0.2, -0.15) is 0 Å². The van der Waals surface area contributed by atoms with E-state index in [1.54, 1.807) is 0 Å². The van der Waals surface area contributed by atoms with E-state index < -0.39 is 0 Å². The van der Waals surface area contributed by atoms with Gasteiger partial charge in [0.05, 0.1) is 0 Å². The Morgan fingerprint density at radius 3 is 2.33 bits per heavy atom. The molecule has 0 aromatic carbocycles. The molecular formula is C10H16N2. The molecule has 1 aliphatic heterocycles. The van der Waals surface area contributed by atoms with E-state index in [0.717, 1.165) is 5.70 Å². The van der Waals surface area contributed by atoms with Crippen molar-refractivity contribution in [3.63, 3.8) is 0 Å². The lowest BCUT2D eigenvalue weighted by Gasteiger charge is -2.27. The van der Waals surface area contributed by atoms with Gasteiger partial charge in [0.1, 0.15) is 5.82 Å². The molecular weight excluding hydrogens is 148 g/mol. The maximum Gasteiger partial charge on any atom is 0.100 e. The summed E-state index contributed by atoms with van der Waals surface area (Å²) in [5.41, 5.74) is 7.81. The Hall–Kier alpha value is -1.18. The molecule has 1 aliphatic rings. The first kappa shape index (κ1) is 8.91. The van der Waals surface area contributed by atoms with Crippen LogP contribution in [0.15, 0.2) is 35.8 Å². The molecule has 0 aliphatic carbocycles. The average molecular weight is 164 g/mol. The molecule has 66 valence electrons. The molecule has 2 heteroatoms. The lowest BCUT2D eigenvalue weighted by Crippen LogP contribution is -2.27. The van der Waals surface area contributed by atoms with Gasteiger partial charge < -0.3 is 11.1 Å². The Bertz CT molecular complexity index is 264. The van der Waals surface area contributed by atoms with E-state index in [2.05, 4.69) is 32.7 Å². The Kier molecular flexibility index (Phi) is 2.01. The standard InChI is InChI=1S/C10H16N2/c1-7-8(10(2,3)4)5-6-9(11)12-7/h5-6,12H,1,11H2,2-4H3. The topological polar surface area (TPSA) is 38.0 Å². The van der Waals surface area contributed by atoms with Crippen LogP contribution in [0.4, 0.5) is 0 Å². The first-order valence-corrected chi connectivity index (χ1v) is 4.05. The van der Waals surface area contributed by atoms with Crippen molar-refractivity contribution in [3.8, 4) is 0 Å². The monoisotopic (exact) mass is 164 g/mol. The number of nitrogens with one attached hydrogen (secondary N) is 1. The van der Waals surface area contributed by atoms with Gasteiger partial charge in [-0.25, -0.2) is 0 Å². The van der Waals surface area contributed by atoms with Gasteiger partial charge in [0, 0.05) is 5.70 Å². The fourth-order valence-corrected chi connectivity index (χ4v) is 1.26. The van der Waals surface area contributed by atoms with Gasteiger partial charge in [-0.1, -0.05) is 33.4 Å². The van der Waals surface area contributed by atoms with Crippen LogP contribution >= 0.6 is 0 Å². The fraction of sp³-hybridized carbons (Fsp3) is 0.400. The molecule has 0 radical (unpaired) electrons. The Morgan fingerprint density at radius 1 is 1.33 bits per heavy atom. The summed E-state index contributed by atoms with van der Waals surface area (Å²) in [6.45, 7) is 10.4. The quantitative estimate of drug-likeness (QED) is 0.573. The first-order chi connectivity index (χ1) is 5.41. The highest BCUT2D eigenvalue weighted by atomic mass is 15.0. The normalized spacial score (nSPS) is 18.1. The van der Waals surface area contributed by atoms with Crippen LogP contribution in [0, 0.1) is 5.41 Å². The third-order valence-electron chi connectivity index (χ3n) is 1.86. The Morgan fingerprint density at radius 2 is 1.92 bits per heavy atom. The molecule has 0 saturated carbocycles. The first-order valence-electron chi connectivity index (χ1n) is 4.05. The van der Waals surface area contributed by atoms with Crippen molar-refractivity contribution >= 4 is 0 Å². The van der Waals surface area contributed by atoms with Gasteiger partial charge in [-0.3, -0.25) is 0 Å². The number of allylic oxidation sites excluding steroid dienone is 3. The molecule has 12 heavy (non-hydrogen) atoms. The summed E-state index contributed by atoms with van der Waals surface area (Å²) in [4.78, 5) is 0. The minimum absolute atomic E-state index is 0.126. The van der Waals surface area contributed by atoms with E-state index in [9.17, 15) is 0 Å². The van der Waals surface area contributed by atoms with E-state index >= 15 is 0 Å². The van der Waals surface area contributed by atoms with Crippen LogP contribution in [-0.4, -0.2) is 0 Å². The summed E-state index contributed by atoms with van der Waals surface area (Å²) in [5.74, 6) is 0.660. The fourth-order valence-electron chi connectivity index (χ4n) is 1.26. The summed E-state index contributed by atoms with van der Waals surface area (Å²) in [6.07, 6.45) is 3.89. The molecule has 1 heterocycles. The van der Waals surface area contributed by atoms with Crippen molar-refractivity contribution in [2.75, 3.05) is 0 Å². The van der Waals surface area contributed by atoms with Gasteiger partial charge in [0.2, 0.25) is 0 Å². The van der Waals surface area contributed by atoms with E-state index in [-0.39, 0.29) is 5.41 Å². The molecule has 0 atom stereocenters. The zero-order valence-corrected chi connectivity index (χ0v) is 7.94. The lowest BCUT2D eigenvalue weighted by molar-refractivity contribution is 0.503. The van der Waals surface area contributed by atoms with Crippen molar-refractivity contribution < 1.29 is 0 Å². The molecule has 2 nitrogen and oxygen atoms in total. The van der Waals surface area contributed by atoms with Crippen molar-refractivity contribution in [3.05, 3.63) is 35.8 Å². The molecule has 1 rings (SSSR count). The van der Waals surface area contributed by atoms with Crippen LogP contribution in [0.2, 0.25) is 0 Å². The molecule has 0 saturated heterocycles. The molecule has 0 amide bonds. The van der Waals surface area contributed by atoms with Gasteiger partial charge in [-0.15, -0.1) is 0 Å². The SMILES string of the molecule is C=C1NC(N)=CC=C1C(C)(C)C. The Labute approximate surface area is 73.8 Å². The van der Waals surface area contributed by atoms with Gasteiger partial charge in [-0.05, 0) is 17.1 Å². The third kappa shape index (κ3) is 1.70. The minimum atomic E-state index is 0.126. The van der Waals surface area contributed by atoms with Crippen LogP contribution in [0.5, 0.6) is 0 Å². The van der Waals surface area contributed by atoms with Crippen molar-refractivity contribution in [2.45, 2.75) is 20.8 Å². The molecule has 0 unspecified atom stereocenters. The number of hydrogen-bond acceptors (Lipinski definition) is 2. The second-order valence-corrected chi connectivity index (χ2v) is 4.06. The zero-order valence-electron chi connectivity index (χ0n) is 7.94. The summed E-state index contributed by atoms with van der Waals surface area (Å²) >= 11 is 0. The second-order valence-electron chi connectivity index (χ2n) is 4.06. The third-order valence-corrected chi connectivity index (χ3v) is 1.86.